The van der Waals surface area contributed by atoms with Gasteiger partial charge in [-0.05, 0) is 41.8 Å². The molecule has 37 heavy (non-hydrogen) atoms. The van der Waals surface area contributed by atoms with Crippen molar-refractivity contribution in [3.63, 3.8) is 0 Å². The minimum atomic E-state index is -0.517. The highest BCUT2D eigenvalue weighted by molar-refractivity contribution is 5.97. The van der Waals surface area contributed by atoms with Crippen LogP contribution in [0, 0.1) is 22.6 Å². The van der Waals surface area contributed by atoms with Crippen molar-refractivity contribution in [2.45, 2.75) is 19.5 Å². The number of benzene rings is 2. The number of amides is 1. The Morgan fingerprint density at radius 1 is 1.14 bits per heavy atom. The molecule has 0 saturated carbocycles. The zero-order valence-electron chi connectivity index (χ0n) is 19.9. The first-order valence-corrected chi connectivity index (χ1v) is 11.3. The molecule has 2 heterocycles. The summed E-state index contributed by atoms with van der Waals surface area (Å²) in [6.07, 6.45) is 4.11. The van der Waals surface area contributed by atoms with Crippen LogP contribution in [0.1, 0.15) is 45.8 Å². The predicted molar refractivity (Wildman–Crippen MR) is 138 cm³/mol. The van der Waals surface area contributed by atoms with Gasteiger partial charge in [-0.1, -0.05) is 36.4 Å². The molecule has 0 aliphatic heterocycles. The Morgan fingerprint density at radius 2 is 1.86 bits per heavy atom. The van der Waals surface area contributed by atoms with E-state index in [1.54, 1.807) is 31.3 Å². The molecule has 0 radical (unpaired) electrons. The molecule has 2 aromatic carbocycles. The zero-order valence-corrected chi connectivity index (χ0v) is 19.9. The fraction of sp³-hybridized carbons (Fsp3) is 0.111. The van der Waals surface area contributed by atoms with Gasteiger partial charge in [-0.15, -0.1) is 0 Å². The molecular weight excluding hydrogens is 471 g/mol. The Bertz CT molecular complexity index is 1480. The number of anilines is 2. The molecule has 0 spiro atoms. The first-order chi connectivity index (χ1) is 17.9. The number of nitrogens with one attached hydrogen (secondary N) is 3. The van der Waals surface area contributed by atoms with E-state index >= 15 is 0 Å². The van der Waals surface area contributed by atoms with E-state index in [0.717, 1.165) is 28.5 Å². The van der Waals surface area contributed by atoms with Gasteiger partial charge in [-0.25, -0.2) is 19.3 Å². The molecule has 184 valence electrons. The van der Waals surface area contributed by atoms with E-state index in [1.165, 1.54) is 18.3 Å². The molecule has 0 bridgehead atoms. The van der Waals surface area contributed by atoms with Crippen LogP contribution in [0.2, 0.25) is 0 Å². The van der Waals surface area contributed by atoms with E-state index in [4.69, 9.17) is 11.1 Å². The summed E-state index contributed by atoms with van der Waals surface area (Å²) in [6.45, 7) is 2.11. The number of hydrogen-bond acceptors (Lipinski definition) is 8. The van der Waals surface area contributed by atoms with Crippen LogP contribution < -0.4 is 16.4 Å². The predicted octanol–water partition coefficient (Wildman–Crippen LogP) is 4.23. The molecule has 1 amide bonds. The Balaban J connectivity index is 1.49. The molecule has 0 fully saturated rings. The van der Waals surface area contributed by atoms with Crippen LogP contribution in [-0.2, 0) is 6.54 Å². The number of rotatable bonds is 8. The molecule has 1 atom stereocenters. The monoisotopic (exact) mass is 494 g/mol. The topological polar surface area (TPSA) is 153 Å². The molecule has 0 aliphatic rings. The number of carbonyl (C=O) groups excluding carboxylic acids is 1. The maximum absolute atomic E-state index is 13.2. The SMILES string of the molecule is CC(NC(=O)c1nc(C#N)cnc1NCc1ccc(-c2cnc(N)c(C=N)c2)cc1)c1ccc(F)cc1. The average molecular weight is 495 g/mol. The summed E-state index contributed by atoms with van der Waals surface area (Å²) in [7, 11) is 0. The standard InChI is InChI=1S/C27H23FN8O/c1-16(18-6-8-22(28)9-7-18)35-27(37)24-26(34-15-23(12-30)36-24)33-13-17-2-4-19(5-3-17)21-10-20(11-29)25(31)32-14-21/h2-11,14-16,29H,13H2,1H3,(H2,31,32)(H,33,34)(H,35,37). The van der Waals surface area contributed by atoms with Crippen molar-refractivity contribution >= 4 is 23.8 Å². The lowest BCUT2D eigenvalue weighted by Crippen LogP contribution is -2.29. The van der Waals surface area contributed by atoms with Gasteiger partial charge in [0.1, 0.15) is 17.7 Å². The third-order valence-electron chi connectivity index (χ3n) is 5.67. The summed E-state index contributed by atoms with van der Waals surface area (Å²) >= 11 is 0. The van der Waals surface area contributed by atoms with Crippen molar-refractivity contribution in [3.8, 4) is 17.2 Å². The fourth-order valence-corrected chi connectivity index (χ4v) is 3.60. The number of nitriles is 1. The van der Waals surface area contributed by atoms with Crippen molar-refractivity contribution in [2.75, 3.05) is 11.1 Å². The number of halogens is 1. The van der Waals surface area contributed by atoms with E-state index < -0.39 is 11.9 Å². The summed E-state index contributed by atoms with van der Waals surface area (Å²) in [5, 5.41) is 22.6. The molecule has 0 saturated heterocycles. The van der Waals surface area contributed by atoms with Gasteiger partial charge in [0, 0.05) is 30.1 Å². The molecule has 0 aliphatic carbocycles. The summed E-state index contributed by atoms with van der Waals surface area (Å²) in [4.78, 5) is 25.5. The van der Waals surface area contributed by atoms with Gasteiger partial charge in [0.2, 0.25) is 0 Å². The van der Waals surface area contributed by atoms with Crippen LogP contribution >= 0.6 is 0 Å². The quantitative estimate of drug-likeness (QED) is 0.267. The molecule has 2 aromatic heterocycles. The van der Waals surface area contributed by atoms with E-state index in [1.807, 2.05) is 30.3 Å². The highest BCUT2D eigenvalue weighted by Gasteiger charge is 2.19. The Labute approximate surface area is 212 Å². The Hall–Kier alpha value is -5.17. The lowest BCUT2D eigenvalue weighted by Gasteiger charge is -2.16. The van der Waals surface area contributed by atoms with E-state index in [0.29, 0.717) is 17.9 Å². The minimum absolute atomic E-state index is 0.0101. The van der Waals surface area contributed by atoms with Gasteiger partial charge in [0.25, 0.3) is 5.91 Å². The molecule has 10 heteroatoms. The lowest BCUT2D eigenvalue weighted by molar-refractivity contribution is 0.0935. The fourth-order valence-electron chi connectivity index (χ4n) is 3.60. The van der Waals surface area contributed by atoms with Crippen LogP contribution in [0.25, 0.3) is 11.1 Å². The van der Waals surface area contributed by atoms with Crippen LogP contribution in [0.3, 0.4) is 0 Å². The van der Waals surface area contributed by atoms with E-state index in [9.17, 15) is 14.4 Å². The largest absolute Gasteiger partial charge is 0.383 e. The zero-order chi connectivity index (χ0) is 26.4. The number of aromatic nitrogens is 3. The first kappa shape index (κ1) is 24.9. The number of hydrogen-bond donors (Lipinski definition) is 4. The summed E-state index contributed by atoms with van der Waals surface area (Å²) in [5.41, 5.74) is 9.68. The third kappa shape index (κ3) is 5.91. The van der Waals surface area contributed by atoms with Gasteiger partial charge in [0.05, 0.1) is 12.2 Å². The Morgan fingerprint density at radius 3 is 2.54 bits per heavy atom. The van der Waals surface area contributed by atoms with Crippen molar-refractivity contribution < 1.29 is 9.18 Å². The number of nitrogens with zero attached hydrogens (tertiary/aromatic N) is 4. The number of nitrogens with two attached hydrogens (primary N) is 1. The van der Waals surface area contributed by atoms with Crippen LogP contribution in [0.15, 0.2) is 67.0 Å². The molecular formula is C27H23FN8O. The van der Waals surface area contributed by atoms with Crippen LogP contribution in [0.5, 0.6) is 0 Å². The normalized spacial score (nSPS) is 11.3. The maximum Gasteiger partial charge on any atom is 0.274 e. The van der Waals surface area contributed by atoms with Gasteiger partial charge in [-0.2, -0.15) is 5.26 Å². The van der Waals surface area contributed by atoms with E-state index in [-0.39, 0.29) is 23.0 Å². The average Bonchev–Trinajstić information content (AvgIpc) is 2.92. The summed E-state index contributed by atoms with van der Waals surface area (Å²) < 4.78 is 13.2. The van der Waals surface area contributed by atoms with Crippen molar-refractivity contribution in [1.29, 1.82) is 10.7 Å². The molecule has 5 N–H and O–H groups in total. The van der Waals surface area contributed by atoms with Gasteiger partial charge in [0.15, 0.2) is 17.2 Å². The second-order valence-electron chi connectivity index (χ2n) is 8.20. The van der Waals surface area contributed by atoms with Crippen molar-refractivity contribution in [1.82, 2.24) is 20.3 Å². The second kappa shape index (κ2) is 11.0. The Kier molecular flexibility index (Phi) is 7.45. The van der Waals surface area contributed by atoms with Crippen LogP contribution in [0.4, 0.5) is 16.0 Å². The third-order valence-corrected chi connectivity index (χ3v) is 5.67. The summed E-state index contributed by atoms with van der Waals surface area (Å²) in [6, 6.07) is 16.8. The highest BCUT2D eigenvalue weighted by atomic mass is 19.1. The molecule has 4 rings (SSSR count). The number of nitrogen functional groups attached to an aromatic ring is 1. The highest BCUT2D eigenvalue weighted by Crippen LogP contribution is 2.22. The van der Waals surface area contributed by atoms with Gasteiger partial charge >= 0.3 is 0 Å². The van der Waals surface area contributed by atoms with E-state index in [2.05, 4.69) is 25.6 Å². The lowest BCUT2D eigenvalue weighted by atomic mass is 10.0. The molecule has 4 aromatic rings. The van der Waals surface area contributed by atoms with Crippen molar-refractivity contribution in [3.05, 3.63) is 101 Å². The summed E-state index contributed by atoms with van der Waals surface area (Å²) in [5.74, 6) is -0.354. The molecule has 1 unspecified atom stereocenters. The second-order valence-corrected chi connectivity index (χ2v) is 8.20. The molecule has 9 nitrogen and oxygen atoms in total. The maximum atomic E-state index is 13.2. The first-order valence-electron chi connectivity index (χ1n) is 11.3. The van der Waals surface area contributed by atoms with Gasteiger partial charge < -0.3 is 21.8 Å². The smallest absolute Gasteiger partial charge is 0.274 e. The van der Waals surface area contributed by atoms with Crippen LogP contribution in [-0.4, -0.2) is 27.1 Å². The number of pyridine rings is 1. The minimum Gasteiger partial charge on any atom is -0.383 e. The number of carbonyl (C=O) groups is 1. The van der Waals surface area contributed by atoms with Crippen molar-refractivity contribution in [2.24, 2.45) is 0 Å². The van der Waals surface area contributed by atoms with Gasteiger partial charge in [-0.3, -0.25) is 4.79 Å².